The molecule has 4 nitrogen and oxygen atoms in total. The molecule has 128 valence electrons. The van der Waals surface area contributed by atoms with Crippen molar-refractivity contribution in [2.24, 2.45) is 0 Å². The van der Waals surface area contributed by atoms with E-state index in [4.69, 9.17) is 5.73 Å². The highest BCUT2D eigenvalue weighted by Crippen LogP contribution is 2.37. The molecule has 26 heavy (non-hydrogen) atoms. The molecule has 3 aromatic rings. The number of benzene rings is 3. The molecule has 0 aliphatic heterocycles. The first-order valence-corrected chi connectivity index (χ1v) is 8.55. The highest BCUT2D eigenvalue weighted by molar-refractivity contribution is 6.13. The summed E-state index contributed by atoms with van der Waals surface area (Å²) in [7, 11) is 0. The third-order valence-corrected chi connectivity index (χ3v) is 4.73. The Morgan fingerprint density at radius 3 is 2.38 bits per heavy atom. The number of nitrogens with two attached hydrogens (primary N) is 1. The predicted molar refractivity (Wildman–Crippen MR) is 103 cm³/mol. The summed E-state index contributed by atoms with van der Waals surface area (Å²) in [5.41, 5.74) is 11.0. The van der Waals surface area contributed by atoms with Gasteiger partial charge in [0.15, 0.2) is 5.78 Å². The van der Waals surface area contributed by atoms with Crippen LogP contribution in [0.15, 0.2) is 66.7 Å². The number of rotatable bonds is 3. The largest absolute Gasteiger partial charge is 0.398 e. The molecule has 0 fully saturated rings. The second-order valence-electron chi connectivity index (χ2n) is 6.34. The normalized spacial score (nSPS) is 12.7. The Balaban J connectivity index is 1.75. The summed E-state index contributed by atoms with van der Waals surface area (Å²) in [6.45, 7) is 0. The molecular weight excluding hydrogens is 324 g/mol. The van der Waals surface area contributed by atoms with Crippen LogP contribution < -0.4 is 11.1 Å². The van der Waals surface area contributed by atoms with Crippen molar-refractivity contribution in [1.82, 2.24) is 0 Å². The van der Waals surface area contributed by atoms with Crippen LogP contribution in [-0.4, -0.2) is 11.7 Å². The fourth-order valence-electron chi connectivity index (χ4n) is 3.48. The number of anilines is 2. The number of carbonyl (C=O) groups excluding carboxylic acids is 2. The van der Waals surface area contributed by atoms with Gasteiger partial charge in [-0.25, -0.2) is 0 Å². The third kappa shape index (κ3) is 2.75. The highest BCUT2D eigenvalue weighted by Gasteiger charge is 2.27. The highest BCUT2D eigenvalue weighted by atomic mass is 16.2. The molecule has 1 amide bonds. The van der Waals surface area contributed by atoms with Crippen molar-refractivity contribution in [3.8, 4) is 11.1 Å². The van der Waals surface area contributed by atoms with Gasteiger partial charge in [-0.2, -0.15) is 0 Å². The van der Waals surface area contributed by atoms with Gasteiger partial charge in [0, 0.05) is 17.7 Å². The van der Waals surface area contributed by atoms with E-state index in [1.807, 2.05) is 36.4 Å². The Labute approximate surface area is 151 Å². The number of hydrogen-bond donors (Lipinski definition) is 2. The van der Waals surface area contributed by atoms with Crippen LogP contribution in [-0.2, 0) is 6.42 Å². The molecule has 1 aliphatic carbocycles. The molecule has 0 saturated carbocycles. The maximum Gasteiger partial charge on any atom is 0.257 e. The monoisotopic (exact) mass is 342 g/mol. The van der Waals surface area contributed by atoms with Crippen LogP contribution in [0.3, 0.4) is 0 Å². The standard InChI is InChI=1S/C22H18N2O2/c23-18-9-5-4-8-17(18)22(26)24-19-12-10-15(14-6-2-1-3-7-14)16-11-13-20(25)21(16)19/h1-10,12H,11,13,23H2,(H,24,26). The Hall–Kier alpha value is -3.40. The number of nitrogen functional groups attached to an aromatic ring is 1. The topological polar surface area (TPSA) is 72.2 Å². The van der Waals surface area contributed by atoms with Crippen LogP contribution >= 0.6 is 0 Å². The number of para-hydroxylation sites is 1. The molecule has 0 saturated heterocycles. The molecule has 4 rings (SSSR count). The molecule has 1 aliphatic rings. The molecule has 0 radical (unpaired) electrons. The van der Waals surface area contributed by atoms with E-state index in [0.717, 1.165) is 16.7 Å². The summed E-state index contributed by atoms with van der Waals surface area (Å²) < 4.78 is 0. The average molecular weight is 342 g/mol. The van der Waals surface area contributed by atoms with E-state index < -0.39 is 0 Å². The number of nitrogens with one attached hydrogen (secondary N) is 1. The minimum Gasteiger partial charge on any atom is -0.398 e. The minimum absolute atomic E-state index is 0.0640. The van der Waals surface area contributed by atoms with Crippen LogP contribution in [0.2, 0.25) is 0 Å². The smallest absolute Gasteiger partial charge is 0.257 e. The van der Waals surface area contributed by atoms with Gasteiger partial charge in [-0.3, -0.25) is 9.59 Å². The molecule has 0 atom stereocenters. The summed E-state index contributed by atoms with van der Waals surface area (Å²) in [6, 6.07) is 20.7. The molecule has 0 heterocycles. The lowest BCUT2D eigenvalue weighted by atomic mass is 9.95. The van der Waals surface area contributed by atoms with Crippen molar-refractivity contribution in [3.05, 3.63) is 83.4 Å². The van der Waals surface area contributed by atoms with Gasteiger partial charge in [0.1, 0.15) is 0 Å². The van der Waals surface area contributed by atoms with Gasteiger partial charge in [0.25, 0.3) is 5.91 Å². The Morgan fingerprint density at radius 1 is 0.885 bits per heavy atom. The Kier molecular flexibility index (Phi) is 4.01. The van der Waals surface area contributed by atoms with Crippen LogP contribution in [0.5, 0.6) is 0 Å². The zero-order chi connectivity index (χ0) is 18.1. The number of fused-ring (bicyclic) bond motifs is 1. The van der Waals surface area contributed by atoms with E-state index in [2.05, 4.69) is 5.32 Å². The fraction of sp³-hybridized carbons (Fsp3) is 0.0909. The van der Waals surface area contributed by atoms with Crippen LogP contribution in [0.4, 0.5) is 11.4 Å². The number of amides is 1. The molecule has 0 spiro atoms. The van der Waals surface area contributed by atoms with Gasteiger partial charge in [-0.15, -0.1) is 0 Å². The van der Waals surface area contributed by atoms with Crippen molar-refractivity contribution >= 4 is 23.1 Å². The van der Waals surface area contributed by atoms with Crippen molar-refractivity contribution < 1.29 is 9.59 Å². The van der Waals surface area contributed by atoms with Crippen molar-refractivity contribution in [2.75, 3.05) is 11.1 Å². The quantitative estimate of drug-likeness (QED) is 0.696. The summed E-state index contributed by atoms with van der Waals surface area (Å²) in [6.07, 6.45) is 1.16. The maximum absolute atomic E-state index is 12.6. The van der Waals surface area contributed by atoms with E-state index in [-0.39, 0.29) is 11.7 Å². The van der Waals surface area contributed by atoms with Crippen LogP contribution in [0, 0.1) is 0 Å². The number of Topliss-reactive ketones (excluding diaryl/α,β-unsaturated/α-hetero) is 1. The van der Waals surface area contributed by atoms with Gasteiger partial charge in [-0.1, -0.05) is 48.5 Å². The summed E-state index contributed by atoms with van der Waals surface area (Å²) >= 11 is 0. The SMILES string of the molecule is Nc1ccccc1C(=O)Nc1ccc(-c2ccccc2)c2c1C(=O)CC2. The van der Waals surface area contributed by atoms with E-state index in [1.165, 1.54) is 0 Å². The van der Waals surface area contributed by atoms with Gasteiger partial charge in [-0.05, 0) is 41.3 Å². The van der Waals surface area contributed by atoms with Crippen molar-refractivity contribution in [2.45, 2.75) is 12.8 Å². The lowest BCUT2D eigenvalue weighted by Crippen LogP contribution is -2.16. The first-order valence-electron chi connectivity index (χ1n) is 8.55. The molecule has 3 N–H and O–H groups in total. The maximum atomic E-state index is 12.6. The number of ketones is 1. The van der Waals surface area contributed by atoms with E-state index in [9.17, 15) is 9.59 Å². The summed E-state index contributed by atoms with van der Waals surface area (Å²) in [4.78, 5) is 25.1. The second kappa shape index (κ2) is 6.48. The van der Waals surface area contributed by atoms with E-state index >= 15 is 0 Å². The number of carbonyl (C=O) groups is 2. The lowest BCUT2D eigenvalue weighted by Gasteiger charge is -2.14. The Bertz CT molecular complexity index is 1010. The third-order valence-electron chi connectivity index (χ3n) is 4.73. The van der Waals surface area contributed by atoms with Gasteiger partial charge in [0.05, 0.1) is 11.3 Å². The van der Waals surface area contributed by atoms with Crippen LogP contribution in [0.1, 0.15) is 32.7 Å². The number of hydrogen-bond acceptors (Lipinski definition) is 3. The van der Waals surface area contributed by atoms with E-state index in [1.54, 1.807) is 30.3 Å². The lowest BCUT2D eigenvalue weighted by molar-refractivity contribution is 0.0995. The van der Waals surface area contributed by atoms with E-state index in [0.29, 0.717) is 35.3 Å². The van der Waals surface area contributed by atoms with Crippen molar-refractivity contribution in [3.63, 3.8) is 0 Å². The predicted octanol–water partition coefficient (Wildman–Crippen LogP) is 4.32. The molecular formula is C22H18N2O2. The Morgan fingerprint density at radius 2 is 1.62 bits per heavy atom. The van der Waals surface area contributed by atoms with Crippen molar-refractivity contribution in [1.29, 1.82) is 0 Å². The molecule has 0 bridgehead atoms. The van der Waals surface area contributed by atoms with Gasteiger partial charge in [0.2, 0.25) is 0 Å². The van der Waals surface area contributed by atoms with Gasteiger partial charge >= 0.3 is 0 Å². The zero-order valence-corrected chi connectivity index (χ0v) is 14.2. The summed E-state index contributed by atoms with van der Waals surface area (Å²) in [5.74, 6) is -0.244. The first-order chi connectivity index (χ1) is 12.6. The summed E-state index contributed by atoms with van der Waals surface area (Å²) in [5, 5.41) is 2.87. The second-order valence-corrected chi connectivity index (χ2v) is 6.34. The average Bonchev–Trinajstić information content (AvgIpc) is 3.05. The fourth-order valence-corrected chi connectivity index (χ4v) is 3.48. The minimum atomic E-state index is -0.308. The van der Waals surface area contributed by atoms with Crippen LogP contribution in [0.25, 0.3) is 11.1 Å². The molecule has 0 aromatic heterocycles. The van der Waals surface area contributed by atoms with Gasteiger partial charge < -0.3 is 11.1 Å². The first kappa shape index (κ1) is 16.1. The molecule has 4 heteroatoms. The zero-order valence-electron chi connectivity index (χ0n) is 14.2. The molecule has 0 unspecified atom stereocenters. The molecule has 3 aromatic carbocycles.